The number of anilines is 1. The smallest absolute Gasteiger partial charge is 0.338 e. The molecule has 0 spiro atoms. The van der Waals surface area contributed by atoms with Gasteiger partial charge in [-0.05, 0) is 65.9 Å². The Kier molecular flexibility index (Phi) is 6.64. The van der Waals surface area contributed by atoms with E-state index in [0.29, 0.717) is 17.6 Å². The maximum absolute atomic E-state index is 11.8. The Morgan fingerprint density at radius 2 is 1.81 bits per heavy atom. The summed E-state index contributed by atoms with van der Waals surface area (Å²) in [6.45, 7) is 12.3. The molecule has 148 valence electrons. The Morgan fingerprint density at radius 3 is 2.44 bits per heavy atom. The summed E-state index contributed by atoms with van der Waals surface area (Å²) in [7, 11) is 0. The zero-order valence-corrected chi connectivity index (χ0v) is 18.3. The second-order valence-corrected chi connectivity index (χ2v) is 9.34. The Bertz CT molecular complexity index is 689. The van der Waals surface area contributed by atoms with Crippen molar-refractivity contribution >= 4 is 27.6 Å². The van der Waals surface area contributed by atoms with Gasteiger partial charge in [-0.3, -0.25) is 4.90 Å². The molecule has 1 aliphatic carbocycles. The van der Waals surface area contributed by atoms with Crippen LogP contribution in [0.15, 0.2) is 34.3 Å². The summed E-state index contributed by atoms with van der Waals surface area (Å²) in [5, 5.41) is 0. The van der Waals surface area contributed by atoms with Crippen LogP contribution in [0, 0.1) is 5.41 Å². The number of carbonyl (C=O) groups is 1. The van der Waals surface area contributed by atoms with Crippen molar-refractivity contribution in [1.82, 2.24) is 4.90 Å². The van der Waals surface area contributed by atoms with Crippen LogP contribution < -0.4 is 4.90 Å². The van der Waals surface area contributed by atoms with Crippen LogP contribution in [0.3, 0.4) is 0 Å². The molecule has 3 rings (SSSR count). The number of hydrogen-bond donors (Lipinski definition) is 0. The number of hydrogen-bond acceptors (Lipinski definition) is 4. The molecule has 1 aromatic rings. The van der Waals surface area contributed by atoms with Crippen molar-refractivity contribution in [3.8, 4) is 0 Å². The Balaban J connectivity index is 1.54. The lowest BCUT2D eigenvalue weighted by Gasteiger charge is -2.39. The number of benzene rings is 1. The third kappa shape index (κ3) is 5.35. The zero-order valence-electron chi connectivity index (χ0n) is 16.8. The van der Waals surface area contributed by atoms with Crippen LogP contribution >= 0.6 is 15.9 Å². The van der Waals surface area contributed by atoms with Gasteiger partial charge in [0.2, 0.25) is 0 Å². The first kappa shape index (κ1) is 20.4. The van der Waals surface area contributed by atoms with Gasteiger partial charge in [0, 0.05) is 38.4 Å². The summed E-state index contributed by atoms with van der Waals surface area (Å²) in [6.07, 6.45) is 3.64. The van der Waals surface area contributed by atoms with Crippen molar-refractivity contribution in [2.75, 3.05) is 44.2 Å². The van der Waals surface area contributed by atoms with Crippen molar-refractivity contribution < 1.29 is 9.53 Å². The monoisotopic (exact) mass is 434 g/mol. The molecule has 0 amide bonds. The Labute approximate surface area is 171 Å². The van der Waals surface area contributed by atoms with Gasteiger partial charge < -0.3 is 9.64 Å². The van der Waals surface area contributed by atoms with Crippen molar-refractivity contribution in [2.24, 2.45) is 5.41 Å². The first-order valence-corrected chi connectivity index (χ1v) is 10.8. The second kappa shape index (κ2) is 8.78. The number of halogens is 1. The highest BCUT2D eigenvalue weighted by atomic mass is 79.9. The molecule has 1 aliphatic heterocycles. The largest absolute Gasteiger partial charge is 0.462 e. The SMILES string of the molecule is CCOC(=O)c1ccc(N2CCN(CC3=C(Br)CCC(C)(C)C3)CC2)cc1. The van der Waals surface area contributed by atoms with Gasteiger partial charge in [0.1, 0.15) is 0 Å². The number of rotatable bonds is 5. The van der Waals surface area contributed by atoms with Crippen molar-refractivity contribution in [1.29, 1.82) is 0 Å². The Morgan fingerprint density at radius 1 is 1.15 bits per heavy atom. The normalized spacial score (nSPS) is 20.7. The van der Waals surface area contributed by atoms with Gasteiger partial charge in [-0.1, -0.05) is 29.8 Å². The maximum atomic E-state index is 11.8. The molecule has 2 aliphatic rings. The lowest BCUT2D eigenvalue weighted by atomic mass is 9.77. The lowest BCUT2D eigenvalue weighted by Crippen LogP contribution is -2.47. The van der Waals surface area contributed by atoms with E-state index in [0.717, 1.165) is 32.7 Å². The third-order valence-corrected chi connectivity index (χ3v) is 6.58. The fraction of sp³-hybridized carbons (Fsp3) is 0.591. The molecule has 0 unspecified atom stereocenters. The predicted molar refractivity (Wildman–Crippen MR) is 115 cm³/mol. The second-order valence-electron chi connectivity index (χ2n) is 8.38. The van der Waals surface area contributed by atoms with Gasteiger partial charge in [-0.25, -0.2) is 4.79 Å². The summed E-state index contributed by atoms with van der Waals surface area (Å²) in [4.78, 5) is 16.8. The molecular weight excluding hydrogens is 404 g/mol. The van der Waals surface area contributed by atoms with Gasteiger partial charge in [0.15, 0.2) is 0 Å². The van der Waals surface area contributed by atoms with Crippen LogP contribution in [-0.4, -0.2) is 50.2 Å². The molecule has 1 fully saturated rings. The summed E-state index contributed by atoms with van der Waals surface area (Å²) >= 11 is 3.82. The number of esters is 1. The van der Waals surface area contributed by atoms with Gasteiger partial charge in [-0.2, -0.15) is 0 Å². The standard InChI is InChI=1S/C22H31BrN2O2/c1-4-27-21(26)17-5-7-19(8-6-17)25-13-11-24(12-14-25)16-18-15-22(2,3)10-9-20(18)23/h5-8H,4,9-16H2,1-3H3. The van der Waals surface area contributed by atoms with Crippen LogP contribution in [0.25, 0.3) is 0 Å². The molecular formula is C22H31BrN2O2. The number of carbonyl (C=O) groups excluding carboxylic acids is 1. The van der Waals surface area contributed by atoms with E-state index in [1.165, 1.54) is 29.4 Å². The van der Waals surface area contributed by atoms with E-state index in [1.54, 1.807) is 5.57 Å². The number of allylic oxidation sites excluding steroid dienone is 1. The van der Waals surface area contributed by atoms with Crippen molar-refractivity contribution in [3.05, 3.63) is 39.9 Å². The van der Waals surface area contributed by atoms with Gasteiger partial charge >= 0.3 is 5.97 Å². The molecule has 5 heteroatoms. The minimum absolute atomic E-state index is 0.247. The van der Waals surface area contributed by atoms with Crippen LogP contribution in [0.4, 0.5) is 5.69 Å². The first-order chi connectivity index (χ1) is 12.9. The average molecular weight is 435 g/mol. The number of ether oxygens (including phenoxy) is 1. The summed E-state index contributed by atoms with van der Waals surface area (Å²) in [5.74, 6) is -0.247. The van der Waals surface area contributed by atoms with E-state index in [1.807, 2.05) is 31.2 Å². The fourth-order valence-electron chi connectivity index (χ4n) is 3.99. The summed E-state index contributed by atoms with van der Waals surface area (Å²) < 4.78 is 6.48. The first-order valence-electron chi connectivity index (χ1n) is 9.99. The molecule has 27 heavy (non-hydrogen) atoms. The molecule has 0 radical (unpaired) electrons. The maximum Gasteiger partial charge on any atom is 0.338 e. The van der Waals surface area contributed by atoms with E-state index in [9.17, 15) is 4.79 Å². The highest BCUT2D eigenvalue weighted by Crippen LogP contribution is 2.41. The summed E-state index contributed by atoms with van der Waals surface area (Å²) in [5.41, 5.74) is 3.81. The van der Waals surface area contributed by atoms with E-state index in [4.69, 9.17) is 4.74 Å². The highest BCUT2D eigenvalue weighted by Gasteiger charge is 2.28. The topological polar surface area (TPSA) is 32.8 Å². The molecule has 0 aromatic heterocycles. The van der Waals surface area contributed by atoms with E-state index >= 15 is 0 Å². The van der Waals surface area contributed by atoms with Crippen LogP contribution in [0.5, 0.6) is 0 Å². The van der Waals surface area contributed by atoms with E-state index < -0.39 is 0 Å². The number of piperazine rings is 1. The van der Waals surface area contributed by atoms with Gasteiger partial charge in [0.25, 0.3) is 0 Å². The Hall–Kier alpha value is -1.33. The molecule has 0 N–H and O–H groups in total. The molecule has 0 bridgehead atoms. The molecule has 1 saturated heterocycles. The molecule has 4 nitrogen and oxygen atoms in total. The fourth-order valence-corrected chi connectivity index (χ4v) is 4.45. The minimum atomic E-state index is -0.247. The predicted octanol–water partition coefficient (Wildman–Crippen LogP) is 4.84. The van der Waals surface area contributed by atoms with Crippen molar-refractivity contribution in [2.45, 2.75) is 40.0 Å². The average Bonchev–Trinajstić information content (AvgIpc) is 2.66. The highest BCUT2D eigenvalue weighted by molar-refractivity contribution is 9.11. The van der Waals surface area contributed by atoms with Gasteiger partial charge in [0.05, 0.1) is 12.2 Å². The van der Waals surface area contributed by atoms with Crippen molar-refractivity contribution in [3.63, 3.8) is 0 Å². The van der Waals surface area contributed by atoms with Crippen LogP contribution in [0.1, 0.15) is 50.4 Å². The minimum Gasteiger partial charge on any atom is -0.462 e. The van der Waals surface area contributed by atoms with E-state index in [2.05, 4.69) is 39.6 Å². The third-order valence-electron chi connectivity index (χ3n) is 5.63. The van der Waals surface area contributed by atoms with Crippen LogP contribution in [-0.2, 0) is 4.74 Å². The van der Waals surface area contributed by atoms with Crippen LogP contribution in [0.2, 0.25) is 0 Å². The number of nitrogens with zero attached hydrogens (tertiary/aromatic N) is 2. The quantitative estimate of drug-likeness (QED) is 0.620. The molecule has 0 saturated carbocycles. The molecule has 1 heterocycles. The van der Waals surface area contributed by atoms with E-state index in [-0.39, 0.29) is 5.97 Å². The van der Waals surface area contributed by atoms with Gasteiger partial charge in [-0.15, -0.1) is 0 Å². The zero-order chi connectivity index (χ0) is 19.4. The molecule has 0 atom stereocenters. The summed E-state index contributed by atoms with van der Waals surface area (Å²) in [6, 6.07) is 7.80. The molecule has 1 aromatic carbocycles. The lowest BCUT2D eigenvalue weighted by molar-refractivity contribution is 0.0526.